The molecular weight excluding hydrogens is 564 g/mol. The molecule has 3 N–H and O–H groups in total. The Hall–Kier alpha value is -4.60. The van der Waals surface area contributed by atoms with Crippen LogP contribution in [0.3, 0.4) is 0 Å². The second kappa shape index (κ2) is 11.9. The van der Waals surface area contributed by atoms with Gasteiger partial charge in [-0.15, -0.1) is 11.3 Å². The molecular formula is C29H26N4O6S2. The Morgan fingerprint density at radius 2 is 1.88 bits per heavy atom. The number of carboxylic acids is 1. The number of benzene rings is 2. The van der Waals surface area contributed by atoms with E-state index < -0.39 is 44.8 Å². The van der Waals surface area contributed by atoms with Crippen molar-refractivity contribution in [2.75, 3.05) is 11.9 Å². The average molecular weight is 591 g/mol. The molecule has 1 heterocycles. The van der Waals surface area contributed by atoms with E-state index in [2.05, 4.69) is 15.6 Å². The molecule has 12 heteroatoms. The quantitative estimate of drug-likeness (QED) is 0.337. The first-order valence-electron chi connectivity index (χ1n) is 12.5. The fraction of sp³-hybridized carbons (Fsp3) is 0.207. The molecule has 1 atom stereocenters. The number of hydrogen-bond acceptors (Lipinski definition) is 8. The number of sulfone groups is 1. The zero-order valence-corrected chi connectivity index (χ0v) is 23.8. The molecule has 210 valence electrons. The largest absolute Gasteiger partial charge is 0.480 e. The van der Waals surface area contributed by atoms with E-state index in [1.54, 1.807) is 19.9 Å². The van der Waals surface area contributed by atoms with Gasteiger partial charge in [0.1, 0.15) is 5.41 Å². The number of nitrogens with one attached hydrogen (secondary N) is 2. The van der Waals surface area contributed by atoms with Crippen LogP contribution in [0.2, 0.25) is 0 Å². The Morgan fingerprint density at radius 3 is 2.54 bits per heavy atom. The highest BCUT2D eigenvalue weighted by Gasteiger charge is 2.44. The first-order chi connectivity index (χ1) is 19.5. The van der Waals surface area contributed by atoms with E-state index in [1.165, 1.54) is 35.7 Å². The lowest BCUT2D eigenvalue weighted by Gasteiger charge is -2.29. The van der Waals surface area contributed by atoms with Gasteiger partial charge >= 0.3 is 5.97 Å². The SMILES string of the molecule is CC(C)S(=O)(=O)c1cccc(C(=O)NCC(=O)Nc2nc(C3(C(=O)O)C=C(C#N)C=C(c4ccccc4)C3)cs2)c1. The Balaban J connectivity index is 1.47. The van der Waals surface area contributed by atoms with E-state index in [0.717, 1.165) is 16.9 Å². The van der Waals surface area contributed by atoms with Crippen molar-refractivity contribution in [1.29, 1.82) is 5.26 Å². The molecule has 1 aromatic heterocycles. The third-order valence-electron chi connectivity index (χ3n) is 6.52. The minimum absolute atomic E-state index is 0.00820. The number of thiazole rings is 1. The van der Waals surface area contributed by atoms with Crippen LogP contribution in [0, 0.1) is 11.3 Å². The molecule has 4 rings (SSSR count). The monoisotopic (exact) mass is 590 g/mol. The molecule has 1 aliphatic carbocycles. The van der Waals surface area contributed by atoms with Gasteiger partial charge in [0, 0.05) is 16.5 Å². The van der Waals surface area contributed by atoms with Crippen molar-refractivity contribution in [1.82, 2.24) is 10.3 Å². The number of allylic oxidation sites excluding steroid dienone is 3. The predicted octanol–water partition coefficient (Wildman–Crippen LogP) is 3.95. The average Bonchev–Trinajstić information content (AvgIpc) is 3.44. The molecule has 3 aromatic rings. The van der Waals surface area contributed by atoms with Gasteiger partial charge in [-0.2, -0.15) is 5.26 Å². The maximum Gasteiger partial charge on any atom is 0.320 e. The van der Waals surface area contributed by atoms with Gasteiger partial charge in [-0.05, 0) is 61.8 Å². The summed E-state index contributed by atoms with van der Waals surface area (Å²) in [6.45, 7) is 2.65. The Labute approximate surface area is 241 Å². The summed E-state index contributed by atoms with van der Waals surface area (Å²) in [5.41, 5.74) is 0.249. The minimum atomic E-state index is -3.58. The van der Waals surface area contributed by atoms with Crippen molar-refractivity contribution in [3.8, 4) is 6.07 Å². The van der Waals surface area contributed by atoms with E-state index in [0.29, 0.717) is 5.57 Å². The molecule has 0 bridgehead atoms. The molecule has 10 nitrogen and oxygen atoms in total. The van der Waals surface area contributed by atoms with Crippen LogP contribution in [0.25, 0.3) is 5.57 Å². The van der Waals surface area contributed by atoms with Crippen molar-refractivity contribution >= 4 is 49.7 Å². The molecule has 2 amide bonds. The van der Waals surface area contributed by atoms with Crippen molar-refractivity contribution in [2.45, 2.75) is 35.8 Å². The van der Waals surface area contributed by atoms with Crippen molar-refractivity contribution in [2.24, 2.45) is 0 Å². The summed E-state index contributed by atoms with van der Waals surface area (Å²) < 4.78 is 24.8. The fourth-order valence-corrected chi connectivity index (χ4v) is 6.17. The van der Waals surface area contributed by atoms with E-state index in [-0.39, 0.29) is 33.3 Å². The maximum atomic E-state index is 12.6. The number of nitriles is 1. The van der Waals surface area contributed by atoms with Gasteiger partial charge in [0.05, 0.1) is 28.5 Å². The first kappa shape index (κ1) is 29.4. The van der Waals surface area contributed by atoms with Crippen LogP contribution in [-0.2, 0) is 24.8 Å². The topological polar surface area (TPSA) is 166 Å². The van der Waals surface area contributed by atoms with Gasteiger partial charge in [0.15, 0.2) is 15.0 Å². The van der Waals surface area contributed by atoms with Gasteiger partial charge in [0.2, 0.25) is 5.91 Å². The van der Waals surface area contributed by atoms with Gasteiger partial charge < -0.3 is 15.7 Å². The number of aromatic nitrogens is 1. The smallest absolute Gasteiger partial charge is 0.320 e. The van der Waals surface area contributed by atoms with E-state index in [4.69, 9.17) is 0 Å². The summed E-state index contributed by atoms with van der Waals surface area (Å²) in [5, 5.41) is 25.9. The molecule has 0 fully saturated rings. The predicted molar refractivity (Wildman–Crippen MR) is 154 cm³/mol. The van der Waals surface area contributed by atoms with E-state index in [9.17, 15) is 33.2 Å². The summed E-state index contributed by atoms with van der Waals surface area (Å²) in [6, 6.07) is 16.7. The van der Waals surface area contributed by atoms with Crippen LogP contribution in [0.15, 0.2) is 82.6 Å². The van der Waals surface area contributed by atoms with Crippen molar-refractivity contribution < 1.29 is 27.9 Å². The summed E-state index contributed by atoms with van der Waals surface area (Å²) in [7, 11) is -3.58. The van der Waals surface area contributed by atoms with Crippen molar-refractivity contribution in [3.05, 3.63) is 94.5 Å². The normalized spacial score (nSPS) is 16.7. The zero-order valence-electron chi connectivity index (χ0n) is 22.1. The molecule has 1 unspecified atom stereocenters. The van der Waals surface area contributed by atoms with E-state index in [1.807, 2.05) is 36.4 Å². The molecule has 41 heavy (non-hydrogen) atoms. The second-order valence-corrected chi connectivity index (χ2v) is 13.0. The highest BCUT2D eigenvalue weighted by atomic mass is 32.2. The van der Waals surface area contributed by atoms with Crippen LogP contribution < -0.4 is 10.6 Å². The number of amides is 2. The van der Waals surface area contributed by atoms with Gasteiger partial charge in [-0.25, -0.2) is 13.4 Å². The number of anilines is 1. The van der Waals surface area contributed by atoms with Crippen LogP contribution in [0.5, 0.6) is 0 Å². The lowest BCUT2D eigenvalue weighted by Crippen LogP contribution is -2.36. The number of aliphatic carboxylic acids is 1. The van der Waals surface area contributed by atoms with Crippen molar-refractivity contribution in [3.63, 3.8) is 0 Å². The molecule has 0 aliphatic heterocycles. The number of carbonyl (C=O) groups is 3. The highest BCUT2D eigenvalue weighted by Crippen LogP contribution is 2.42. The summed E-state index contributed by atoms with van der Waals surface area (Å²) in [6.07, 6.45) is 3.08. The van der Waals surface area contributed by atoms with Gasteiger partial charge in [-0.3, -0.25) is 14.4 Å². The fourth-order valence-electron chi connectivity index (χ4n) is 4.26. The third kappa shape index (κ3) is 6.26. The summed E-state index contributed by atoms with van der Waals surface area (Å²) in [5.74, 6) is -2.44. The highest BCUT2D eigenvalue weighted by molar-refractivity contribution is 7.92. The molecule has 0 saturated carbocycles. The van der Waals surface area contributed by atoms with Crippen LogP contribution in [0.1, 0.15) is 41.9 Å². The third-order valence-corrected chi connectivity index (χ3v) is 9.43. The van der Waals surface area contributed by atoms with Gasteiger partial charge in [0.25, 0.3) is 5.91 Å². The van der Waals surface area contributed by atoms with E-state index >= 15 is 0 Å². The number of carbonyl (C=O) groups excluding carboxylic acids is 2. The summed E-state index contributed by atoms with van der Waals surface area (Å²) in [4.78, 5) is 42.1. The Morgan fingerprint density at radius 1 is 1.15 bits per heavy atom. The lowest BCUT2D eigenvalue weighted by atomic mass is 9.73. The molecule has 0 saturated heterocycles. The Kier molecular flexibility index (Phi) is 8.51. The van der Waals surface area contributed by atoms with Gasteiger partial charge in [-0.1, -0.05) is 36.4 Å². The number of nitrogens with zero attached hydrogens (tertiary/aromatic N) is 2. The molecule has 2 aromatic carbocycles. The number of rotatable bonds is 9. The van der Waals surface area contributed by atoms with Crippen LogP contribution in [-0.4, -0.2) is 48.1 Å². The van der Waals surface area contributed by atoms with Crippen LogP contribution in [0.4, 0.5) is 5.13 Å². The maximum absolute atomic E-state index is 12.6. The molecule has 0 radical (unpaired) electrons. The van der Waals surface area contributed by atoms with Crippen LogP contribution >= 0.6 is 11.3 Å². The standard InChI is InChI=1S/C29H26N4O6S2/c1-18(2)41(38,39)23-10-6-9-21(12-23)26(35)31-16-25(34)33-28-32-24(17-40-28)29(27(36)37)13-19(15-30)11-22(14-29)20-7-4-3-5-8-20/h3-13,17-18H,14,16H2,1-2H3,(H,31,35)(H,36,37)(H,32,33,34). The summed E-state index contributed by atoms with van der Waals surface area (Å²) >= 11 is 1.01. The second-order valence-electron chi connectivity index (χ2n) is 9.59. The first-order valence-corrected chi connectivity index (χ1v) is 14.9. The lowest BCUT2D eigenvalue weighted by molar-refractivity contribution is -0.141. The molecule has 1 aliphatic rings. The number of carboxylic acid groups (broad SMARTS) is 1. The zero-order chi connectivity index (χ0) is 29.8. The minimum Gasteiger partial charge on any atom is -0.480 e. The Bertz CT molecular complexity index is 1720. The molecule has 0 spiro atoms. The number of hydrogen-bond donors (Lipinski definition) is 3.